The number of piperidine rings is 1. The zero-order valence-electron chi connectivity index (χ0n) is 10.8. The third kappa shape index (κ3) is 1.46. The van der Waals surface area contributed by atoms with Crippen LogP contribution in [0.25, 0.3) is 0 Å². The SMILES string of the molecule is CC(C)(C)C1=NC2CNCC3(CCC3)C2C1. The van der Waals surface area contributed by atoms with Gasteiger partial charge in [-0.1, -0.05) is 27.2 Å². The molecule has 0 aromatic heterocycles. The van der Waals surface area contributed by atoms with Gasteiger partial charge in [0.15, 0.2) is 0 Å². The Morgan fingerprint density at radius 2 is 2.06 bits per heavy atom. The minimum absolute atomic E-state index is 0.280. The summed E-state index contributed by atoms with van der Waals surface area (Å²) in [6.45, 7) is 9.30. The summed E-state index contributed by atoms with van der Waals surface area (Å²) in [5.41, 5.74) is 2.37. The van der Waals surface area contributed by atoms with Crippen molar-refractivity contribution < 1.29 is 0 Å². The molecule has 0 aromatic rings. The smallest absolute Gasteiger partial charge is 0.0661 e. The molecule has 16 heavy (non-hydrogen) atoms. The van der Waals surface area contributed by atoms with Crippen LogP contribution < -0.4 is 5.32 Å². The Balaban J connectivity index is 1.83. The molecule has 2 heteroatoms. The maximum atomic E-state index is 5.01. The Morgan fingerprint density at radius 3 is 2.62 bits per heavy atom. The van der Waals surface area contributed by atoms with E-state index in [1.54, 1.807) is 0 Å². The quantitative estimate of drug-likeness (QED) is 0.667. The molecule has 2 heterocycles. The van der Waals surface area contributed by atoms with Crippen molar-refractivity contribution in [3.8, 4) is 0 Å². The Hall–Kier alpha value is -0.370. The summed E-state index contributed by atoms with van der Waals surface area (Å²) in [6, 6.07) is 0.586. The summed E-state index contributed by atoms with van der Waals surface area (Å²) < 4.78 is 0. The van der Waals surface area contributed by atoms with Crippen LogP contribution in [0, 0.1) is 16.7 Å². The van der Waals surface area contributed by atoms with Gasteiger partial charge >= 0.3 is 0 Å². The van der Waals surface area contributed by atoms with Crippen molar-refractivity contribution in [2.24, 2.45) is 21.7 Å². The van der Waals surface area contributed by atoms with Gasteiger partial charge < -0.3 is 5.32 Å². The first kappa shape index (κ1) is 10.8. The Labute approximate surface area is 98.9 Å². The molecule has 2 atom stereocenters. The van der Waals surface area contributed by atoms with Crippen molar-refractivity contribution >= 4 is 5.71 Å². The molecular formula is C14H24N2. The van der Waals surface area contributed by atoms with Crippen molar-refractivity contribution in [3.05, 3.63) is 0 Å². The topological polar surface area (TPSA) is 24.4 Å². The third-order valence-corrected chi connectivity index (χ3v) is 5.03. The first-order valence-corrected chi connectivity index (χ1v) is 6.79. The van der Waals surface area contributed by atoms with Crippen LogP contribution in [0.2, 0.25) is 0 Å². The van der Waals surface area contributed by atoms with E-state index in [0.717, 1.165) is 12.5 Å². The minimum Gasteiger partial charge on any atom is -0.314 e. The molecular weight excluding hydrogens is 196 g/mol. The van der Waals surface area contributed by atoms with Gasteiger partial charge in [-0.25, -0.2) is 0 Å². The second-order valence-electron chi connectivity index (χ2n) is 7.05. The van der Waals surface area contributed by atoms with Crippen LogP contribution in [-0.2, 0) is 0 Å². The molecule has 1 spiro atoms. The van der Waals surface area contributed by atoms with Gasteiger partial charge in [-0.15, -0.1) is 0 Å². The maximum Gasteiger partial charge on any atom is 0.0661 e. The highest BCUT2D eigenvalue weighted by Crippen LogP contribution is 2.53. The van der Waals surface area contributed by atoms with E-state index < -0.39 is 0 Å². The number of fused-ring (bicyclic) bond motifs is 2. The van der Waals surface area contributed by atoms with Crippen LogP contribution in [0.3, 0.4) is 0 Å². The van der Waals surface area contributed by atoms with E-state index >= 15 is 0 Å². The number of hydrogen-bond acceptors (Lipinski definition) is 2. The van der Waals surface area contributed by atoms with E-state index in [9.17, 15) is 0 Å². The summed E-state index contributed by atoms with van der Waals surface area (Å²) in [5.74, 6) is 0.858. The second-order valence-corrected chi connectivity index (χ2v) is 7.05. The largest absolute Gasteiger partial charge is 0.314 e. The van der Waals surface area contributed by atoms with E-state index in [2.05, 4.69) is 26.1 Å². The Bertz CT molecular complexity index is 320. The van der Waals surface area contributed by atoms with Gasteiger partial charge in [0.1, 0.15) is 0 Å². The molecule has 0 aromatic carbocycles. The van der Waals surface area contributed by atoms with Crippen molar-refractivity contribution in [2.45, 2.75) is 52.5 Å². The first-order valence-electron chi connectivity index (χ1n) is 6.79. The molecule has 0 radical (unpaired) electrons. The highest BCUT2D eigenvalue weighted by Gasteiger charge is 2.52. The van der Waals surface area contributed by atoms with E-state index in [4.69, 9.17) is 4.99 Å². The highest BCUT2D eigenvalue weighted by molar-refractivity contribution is 5.91. The van der Waals surface area contributed by atoms with Gasteiger partial charge in [0.2, 0.25) is 0 Å². The molecule has 1 N–H and O–H groups in total. The van der Waals surface area contributed by atoms with Gasteiger partial charge in [0.05, 0.1) is 6.04 Å². The Morgan fingerprint density at radius 1 is 1.31 bits per heavy atom. The van der Waals surface area contributed by atoms with E-state index in [1.165, 1.54) is 37.9 Å². The molecule has 2 nitrogen and oxygen atoms in total. The summed E-state index contributed by atoms with van der Waals surface area (Å²) in [7, 11) is 0. The molecule has 2 aliphatic heterocycles. The maximum absolute atomic E-state index is 5.01. The first-order chi connectivity index (χ1) is 7.51. The summed E-state index contributed by atoms with van der Waals surface area (Å²) >= 11 is 0. The molecule has 90 valence electrons. The van der Waals surface area contributed by atoms with Gasteiger partial charge in [0, 0.05) is 18.8 Å². The van der Waals surface area contributed by atoms with E-state index in [1.807, 2.05) is 0 Å². The minimum atomic E-state index is 0.280. The predicted molar refractivity (Wildman–Crippen MR) is 67.9 cm³/mol. The lowest BCUT2D eigenvalue weighted by molar-refractivity contribution is 0.0198. The van der Waals surface area contributed by atoms with Crippen molar-refractivity contribution in [3.63, 3.8) is 0 Å². The lowest BCUT2D eigenvalue weighted by atomic mass is 9.57. The van der Waals surface area contributed by atoms with Crippen LogP contribution in [0.15, 0.2) is 4.99 Å². The highest BCUT2D eigenvalue weighted by atomic mass is 15.0. The van der Waals surface area contributed by atoms with Crippen LogP contribution in [-0.4, -0.2) is 24.8 Å². The van der Waals surface area contributed by atoms with Crippen molar-refractivity contribution in [2.75, 3.05) is 13.1 Å². The molecule has 1 saturated heterocycles. The summed E-state index contributed by atoms with van der Waals surface area (Å²) in [4.78, 5) is 5.01. The lowest BCUT2D eigenvalue weighted by Gasteiger charge is -2.51. The Kier molecular flexibility index (Phi) is 2.23. The zero-order chi connectivity index (χ0) is 11.4. The summed E-state index contributed by atoms with van der Waals surface area (Å²) in [6.07, 6.45) is 5.59. The molecule has 2 unspecified atom stereocenters. The molecule has 3 rings (SSSR count). The number of aliphatic imine (C=N–C) groups is 1. The summed E-state index contributed by atoms with van der Waals surface area (Å²) in [5, 5.41) is 3.61. The standard InChI is InChI=1S/C14H24N2/c1-13(2,3)12-7-10-11(16-12)8-15-9-14(10)5-4-6-14/h10-11,15H,4-9H2,1-3H3. The molecule has 0 bridgehead atoms. The molecule has 0 amide bonds. The number of nitrogens with zero attached hydrogens (tertiary/aromatic N) is 1. The van der Waals surface area contributed by atoms with Crippen molar-refractivity contribution in [1.29, 1.82) is 0 Å². The molecule has 1 saturated carbocycles. The van der Waals surface area contributed by atoms with Crippen LogP contribution in [0.4, 0.5) is 0 Å². The normalized spacial score (nSPS) is 36.8. The van der Waals surface area contributed by atoms with Crippen LogP contribution in [0.1, 0.15) is 46.5 Å². The van der Waals surface area contributed by atoms with Gasteiger partial charge in [0.25, 0.3) is 0 Å². The number of hydrogen-bond donors (Lipinski definition) is 1. The third-order valence-electron chi connectivity index (χ3n) is 5.03. The van der Waals surface area contributed by atoms with Gasteiger partial charge in [-0.2, -0.15) is 0 Å². The monoisotopic (exact) mass is 220 g/mol. The van der Waals surface area contributed by atoms with E-state index in [-0.39, 0.29) is 5.41 Å². The average Bonchev–Trinajstić information content (AvgIpc) is 2.57. The fourth-order valence-electron chi connectivity index (χ4n) is 3.78. The molecule has 1 aliphatic carbocycles. The van der Waals surface area contributed by atoms with Gasteiger partial charge in [-0.05, 0) is 36.0 Å². The van der Waals surface area contributed by atoms with Crippen molar-refractivity contribution in [1.82, 2.24) is 5.32 Å². The molecule has 3 aliphatic rings. The fourth-order valence-corrected chi connectivity index (χ4v) is 3.78. The molecule has 2 fully saturated rings. The number of nitrogens with one attached hydrogen (secondary N) is 1. The van der Waals surface area contributed by atoms with Gasteiger partial charge in [-0.3, -0.25) is 4.99 Å². The zero-order valence-corrected chi connectivity index (χ0v) is 10.8. The lowest BCUT2D eigenvalue weighted by Crippen LogP contribution is -2.55. The number of rotatable bonds is 0. The van der Waals surface area contributed by atoms with E-state index in [0.29, 0.717) is 11.5 Å². The second kappa shape index (κ2) is 3.32. The predicted octanol–water partition coefficient (Wildman–Crippen LogP) is 2.64. The average molecular weight is 220 g/mol. The van der Waals surface area contributed by atoms with Crippen LogP contribution >= 0.6 is 0 Å². The fraction of sp³-hybridized carbons (Fsp3) is 0.929. The van der Waals surface area contributed by atoms with Crippen LogP contribution in [0.5, 0.6) is 0 Å².